The first-order chi connectivity index (χ1) is 7.70. The fraction of sp³-hybridized carbons (Fsp3) is 0.455. The van der Waals surface area contributed by atoms with Crippen LogP contribution in [0.25, 0.3) is 0 Å². The van der Waals surface area contributed by atoms with Gasteiger partial charge in [-0.1, -0.05) is 0 Å². The summed E-state index contributed by atoms with van der Waals surface area (Å²) in [5.41, 5.74) is 0. The Hall–Kier alpha value is -0.860. The molecule has 1 aliphatic rings. The summed E-state index contributed by atoms with van der Waals surface area (Å²) in [7, 11) is 0. The van der Waals surface area contributed by atoms with Crippen molar-refractivity contribution in [2.24, 2.45) is 5.92 Å². The number of rotatable bonds is 2. The molecule has 1 aromatic heterocycles. The zero-order valence-corrected chi connectivity index (χ0v) is 11.0. The first kappa shape index (κ1) is 11.6. The molecule has 1 heterocycles. The quantitative estimate of drug-likeness (QED) is 0.913. The average molecular weight is 299 g/mol. The van der Waals surface area contributed by atoms with Gasteiger partial charge in [0.25, 0.3) is 5.91 Å². The molecule has 0 bridgehead atoms. The largest absolute Gasteiger partial charge is 0.347 e. The second kappa shape index (κ2) is 4.98. The lowest BCUT2D eigenvalue weighted by atomic mass is 10.1. The van der Waals surface area contributed by atoms with Gasteiger partial charge in [-0.2, -0.15) is 5.26 Å². The molecular weight excluding hydrogens is 288 g/mol. The number of amides is 1. The van der Waals surface area contributed by atoms with Crippen LogP contribution in [0.1, 0.15) is 28.9 Å². The van der Waals surface area contributed by atoms with Crippen molar-refractivity contribution in [3.8, 4) is 6.07 Å². The van der Waals surface area contributed by atoms with Crippen molar-refractivity contribution in [3.63, 3.8) is 0 Å². The standard InChI is InChI=1S/C11H11BrN2OS/c12-10-5-4-9(16-10)11(15)14-8-3-1-2-7(8)6-13/h4-5,7-8H,1-3H2,(H,14,15). The maximum Gasteiger partial charge on any atom is 0.261 e. The molecule has 3 nitrogen and oxygen atoms in total. The predicted molar refractivity (Wildman–Crippen MR) is 66.2 cm³/mol. The summed E-state index contributed by atoms with van der Waals surface area (Å²) in [4.78, 5) is 12.5. The summed E-state index contributed by atoms with van der Waals surface area (Å²) in [5, 5.41) is 11.9. The van der Waals surface area contributed by atoms with Gasteiger partial charge in [-0.3, -0.25) is 4.79 Å². The Labute approximate surface area is 107 Å². The third-order valence-electron chi connectivity index (χ3n) is 2.80. The number of hydrogen-bond donors (Lipinski definition) is 1. The Bertz CT molecular complexity index is 437. The van der Waals surface area contributed by atoms with E-state index < -0.39 is 0 Å². The lowest BCUT2D eigenvalue weighted by molar-refractivity contribution is 0.0937. The molecule has 2 rings (SSSR count). The third kappa shape index (κ3) is 2.45. The molecule has 1 N–H and O–H groups in total. The van der Waals surface area contributed by atoms with Crippen molar-refractivity contribution in [3.05, 3.63) is 20.8 Å². The van der Waals surface area contributed by atoms with Crippen molar-refractivity contribution in [2.75, 3.05) is 0 Å². The molecular formula is C11H11BrN2OS. The van der Waals surface area contributed by atoms with E-state index in [0.29, 0.717) is 4.88 Å². The van der Waals surface area contributed by atoms with Gasteiger partial charge in [0.05, 0.1) is 20.7 Å². The summed E-state index contributed by atoms with van der Waals surface area (Å²) < 4.78 is 0.945. The van der Waals surface area contributed by atoms with Crippen LogP contribution in [0.4, 0.5) is 0 Å². The van der Waals surface area contributed by atoms with Crippen LogP contribution in [0, 0.1) is 17.2 Å². The van der Waals surface area contributed by atoms with Crippen LogP contribution in [0.2, 0.25) is 0 Å². The van der Waals surface area contributed by atoms with Crippen LogP contribution >= 0.6 is 27.3 Å². The van der Waals surface area contributed by atoms with Crippen LogP contribution in [-0.4, -0.2) is 11.9 Å². The van der Waals surface area contributed by atoms with Crippen LogP contribution in [0.5, 0.6) is 0 Å². The van der Waals surface area contributed by atoms with E-state index in [2.05, 4.69) is 27.3 Å². The van der Waals surface area contributed by atoms with Gasteiger partial charge in [0.15, 0.2) is 0 Å². The lowest BCUT2D eigenvalue weighted by Crippen LogP contribution is -2.36. The van der Waals surface area contributed by atoms with Crippen molar-refractivity contribution in [1.82, 2.24) is 5.32 Å². The molecule has 0 spiro atoms. The second-order valence-corrected chi connectivity index (χ2v) is 6.31. The molecule has 0 aromatic carbocycles. The Kier molecular flexibility index (Phi) is 3.62. The molecule has 0 aliphatic heterocycles. The van der Waals surface area contributed by atoms with Crippen molar-refractivity contribution in [2.45, 2.75) is 25.3 Å². The average Bonchev–Trinajstić information content (AvgIpc) is 2.86. The number of hydrogen-bond acceptors (Lipinski definition) is 3. The number of thiophene rings is 1. The molecule has 2 unspecified atom stereocenters. The number of nitrogens with one attached hydrogen (secondary N) is 1. The highest BCUT2D eigenvalue weighted by molar-refractivity contribution is 9.11. The summed E-state index contributed by atoms with van der Waals surface area (Å²) in [5.74, 6) is -0.0878. The number of carbonyl (C=O) groups is 1. The van der Waals surface area contributed by atoms with E-state index in [1.165, 1.54) is 11.3 Å². The lowest BCUT2D eigenvalue weighted by Gasteiger charge is -2.14. The Balaban J connectivity index is 2.00. The summed E-state index contributed by atoms with van der Waals surface area (Å²) in [6.45, 7) is 0. The Morgan fingerprint density at radius 3 is 3.00 bits per heavy atom. The molecule has 1 aromatic rings. The minimum atomic E-state index is -0.0668. The summed E-state index contributed by atoms with van der Waals surface area (Å²) >= 11 is 4.73. The number of nitriles is 1. The third-order valence-corrected chi connectivity index (χ3v) is 4.42. The van der Waals surface area contributed by atoms with Gasteiger partial charge in [-0.05, 0) is 47.3 Å². The first-order valence-electron chi connectivity index (χ1n) is 5.16. The normalized spacial score (nSPS) is 24.0. The molecule has 0 radical (unpaired) electrons. The van der Waals surface area contributed by atoms with Gasteiger partial charge in [-0.15, -0.1) is 11.3 Å². The minimum Gasteiger partial charge on any atom is -0.347 e. The van der Waals surface area contributed by atoms with Crippen molar-refractivity contribution < 1.29 is 4.79 Å². The number of carbonyl (C=O) groups excluding carboxylic acids is 1. The molecule has 0 saturated heterocycles. The van der Waals surface area contributed by atoms with Crippen molar-refractivity contribution >= 4 is 33.2 Å². The van der Waals surface area contributed by atoms with E-state index in [9.17, 15) is 4.79 Å². The number of halogens is 1. The van der Waals surface area contributed by atoms with E-state index in [1.807, 2.05) is 6.07 Å². The second-order valence-electron chi connectivity index (χ2n) is 3.85. The van der Waals surface area contributed by atoms with E-state index in [1.54, 1.807) is 6.07 Å². The van der Waals surface area contributed by atoms with Gasteiger partial charge >= 0.3 is 0 Å². The fourth-order valence-electron chi connectivity index (χ4n) is 1.96. The monoisotopic (exact) mass is 298 g/mol. The molecule has 1 fully saturated rings. The minimum absolute atomic E-state index is 0.0210. The fourth-order valence-corrected chi connectivity index (χ4v) is 3.25. The Morgan fingerprint density at radius 1 is 1.56 bits per heavy atom. The van der Waals surface area contributed by atoms with Crippen LogP contribution < -0.4 is 5.32 Å². The Morgan fingerprint density at radius 2 is 2.38 bits per heavy atom. The molecule has 2 atom stereocenters. The number of nitrogens with zero attached hydrogens (tertiary/aromatic N) is 1. The summed E-state index contributed by atoms with van der Waals surface area (Å²) in [6.07, 6.45) is 2.84. The SMILES string of the molecule is N#CC1CCCC1NC(=O)c1ccc(Br)s1. The van der Waals surface area contributed by atoms with Crippen LogP contribution in [0.15, 0.2) is 15.9 Å². The smallest absolute Gasteiger partial charge is 0.261 e. The van der Waals surface area contributed by atoms with Gasteiger partial charge in [0, 0.05) is 6.04 Å². The van der Waals surface area contributed by atoms with Gasteiger partial charge < -0.3 is 5.32 Å². The van der Waals surface area contributed by atoms with Crippen molar-refractivity contribution in [1.29, 1.82) is 5.26 Å². The molecule has 16 heavy (non-hydrogen) atoms. The molecule has 1 amide bonds. The first-order valence-corrected chi connectivity index (χ1v) is 6.77. The molecule has 5 heteroatoms. The van der Waals surface area contributed by atoms with E-state index >= 15 is 0 Å². The maximum atomic E-state index is 11.8. The van der Waals surface area contributed by atoms with Crippen LogP contribution in [-0.2, 0) is 0 Å². The van der Waals surface area contributed by atoms with Crippen LogP contribution in [0.3, 0.4) is 0 Å². The van der Waals surface area contributed by atoms with Gasteiger partial charge in [0.2, 0.25) is 0 Å². The highest BCUT2D eigenvalue weighted by Gasteiger charge is 2.28. The molecule has 1 saturated carbocycles. The zero-order chi connectivity index (χ0) is 11.5. The van der Waals surface area contributed by atoms with Gasteiger partial charge in [-0.25, -0.2) is 0 Å². The highest BCUT2D eigenvalue weighted by atomic mass is 79.9. The van der Waals surface area contributed by atoms with E-state index in [4.69, 9.17) is 5.26 Å². The highest BCUT2D eigenvalue weighted by Crippen LogP contribution is 2.26. The summed E-state index contributed by atoms with van der Waals surface area (Å²) in [6, 6.07) is 5.93. The molecule has 1 aliphatic carbocycles. The van der Waals surface area contributed by atoms with E-state index in [0.717, 1.165) is 23.0 Å². The predicted octanol–water partition coefficient (Wildman–Crippen LogP) is 2.93. The zero-order valence-electron chi connectivity index (χ0n) is 8.57. The maximum absolute atomic E-state index is 11.8. The van der Waals surface area contributed by atoms with E-state index in [-0.39, 0.29) is 17.9 Å². The topological polar surface area (TPSA) is 52.9 Å². The van der Waals surface area contributed by atoms with Gasteiger partial charge in [0.1, 0.15) is 0 Å². The molecule has 84 valence electrons.